The highest BCUT2D eigenvalue weighted by molar-refractivity contribution is 6.06. The van der Waals surface area contributed by atoms with Gasteiger partial charge in [0.25, 0.3) is 5.56 Å². The molecular weight excluding hydrogens is 314 g/mol. The number of benzene rings is 2. The molecule has 2 aromatic carbocycles. The first kappa shape index (κ1) is 15.4. The molecule has 0 radical (unpaired) electrons. The Bertz CT molecular complexity index is 1230. The largest absolute Gasteiger partial charge is 0.338 e. The molecule has 2 aromatic heterocycles. The topological polar surface area (TPSA) is 48.9 Å². The lowest BCUT2D eigenvalue weighted by molar-refractivity contribution is 0.690. The lowest BCUT2D eigenvalue weighted by Gasteiger charge is -2.11. The van der Waals surface area contributed by atoms with Gasteiger partial charge in [-0.05, 0) is 38.1 Å². The minimum atomic E-state index is -0.305. The third kappa shape index (κ3) is 2.09. The van der Waals surface area contributed by atoms with Crippen LogP contribution in [-0.2, 0) is 13.6 Å². The summed E-state index contributed by atoms with van der Waals surface area (Å²) in [7, 11) is 1.88. The second-order valence-corrected chi connectivity index (χ2v) is 6.28. The van der Waals surface area contributed by atoms with Crippen LogP contribution in [0.25, 0.3) is 27.6 Å². The van der Waals surface area contributed by atoms with Gasteiger partial charge in [0.2, 0.25) is 0 Å². The third-order valence-electron chi connectivity index (χ3n) is 4.76. The van der Waals surface area contributed by atoms with E-state index in [0.29, 0.717) is 23.3 Å². The Kier molecular flexibility index (Phi) is 3.39. The van der Waals surface area contributed by atoms with Crippen LogP contribution in [-0.4, -0.2) is 13.7 Å². The van der Waals surface area contributed by atoms with Crippen LogP contribution in [0.15, 0.2) is 58.1 Å². The van der Waals surface area contributed by atoms with Crippen molar-refractivity contribution in [1.82, 2.24) is 13.7 Å². The standard InChI is InChI=1S/C20H19N3O2/c1-4-22-17-15-12-13(2)10-11-16(15)21(3)18(17)19(24)23(20(22)25)14-8-6-5-7-9-14/h5-12H,4H2,1-3H3. The van der Waals surface area contributed by atoms with E-state index >= 15 is 0 Å². The van der Waals surface area contributed by atoms with Crippen molar-refractivity contribution >= 4 is 21.9 Å². The molecule has 0 amide bonds. The number of aromatic nitrogens is 3. The van der Waals surface area contributed by atoms with E-state index in [0.717, 1.165) is 16.5 Å². The maximum absolute atomic E-state index is 13.2. The molecule has 0 fully saturated rings. The van der Waals surface area contributed by atoms with Gasteiger partial charge in [-0.3, -0.25) is 9.36 Å². The lowest BCUT2D eigenvalue weighted by Crippen LogP contribution is -2.39. The van der Waals surface area contributed by atoms with Crippen molar-refractivity contribution < 1.29 is 0 Å². The molecule has 0 unspecified atom stereocenters. The fourth-order valence-electron chi connectivity index (χ4n) is 3.56. The van der Waals surface area contributed by atoms with Gasteiger partial charge in [0.15, 0.2) is 0 Å². The maximum atomic E-state index is 13.2. The fraction of sp³-hybridized carbons (Fsp3) is 0.200. The van der Waals surface area contributed by atoms with Crippen molar-refractivity contribution in [1.29, 1.82) is 0 Å². The molecule has 0 N–H and O–H groups in total. The van der Waals surface area contributed by atoms with E-state index in [-0.39, 0.29) is 11.2 Å². The van der Waals surface area contributed by atoms with Crippen LogP contribution in [0.4, 0.5) is 0 Å². The van der Waals surface area contributed by atoms with Gasteiger partial charge < -0.3 is 4.57 Å². The van der Waals surface area contributed by atoms with Gasteiger partial charge >= 0.3 is 5.69 Å². The zero-order chi connectivity index (χ0) is 17.7. The van der Waals surface area contributed by atoms with E-state index in [2.05, 4.69) is 0 Å². The summed E-state index contributed by atoms with van der Waals surface area (Å²) < 4.78 is 4.83. The summed E-state index contributed by atoms with van der Waals surface area (Å²) in [4.78, 5) is 26.3. The van der Waals surface area contributed by atoms with Crippen LogP contribution < -0.4 is 11.2 Å². The summed E-state index contributed by atoms with van der Waals surface area (Å²) in [5.74, 6) is 0. The zero-order valence-corrected chi connectivity index (χ0v) is 14.5. The normalized spacial score (nSPS) is 11.5. The van der Waals surface area contributed by atoms with Crippen LogP contribution in [0.3, 0.4) is 0 Å². The summed E-state index contributed by atoms with van der Waals surface area (Å²) in [5.41, 5.74) is 3.31. The van der Waals surface area contributed by atoms with Crippen molar-refractivity contribution in [2.24, 2.45) is 7.05 Å². The molecule has 0 aliphatic rings. The van der Waals surface area contributed by atoms with Crippen LogP contribution in [0, 0.1) is 6.92 Å². The molecule has 25 heavy (non-hydrogen) atoms. The van der Waals surface area contributed by atoms with E-state index in [1.54, 1.807) is 16.7 Å². The second kappa shape index (κ2) is 5.48. The molecule has 5 heteroatoms. The van der Waals surface area contributed by atoms with Gasteiger partial charge in [-0.2, -0.15) is 0 Å². The zero-order valence-electron chi connectivity index (χ0n) is 14.5. The van der Waals surface area contributed by atoms with Crippen molar-refractivity contribution in [3.05, 3.63) is 74.9 Å². The molecule has 0 aliphatic heterocycles. The Morgan fingerprint density at radius 1 is 0.960 bits per heavy atom. The van der Waals surface area contributed by atoms with Gasteiger partial charge in [0, 0.05) is 19.0 Å². The molecule has 0 bridgehead atoms. The number of fused-ring (bicyclic) bond motifs is 3. The molecule has 0 saturated heterocycles. The average molecular weight is 333 g/mol. The van der Waals surface area contributed by atoms with Gasteiger partial charge in [-0.1, -0.05) is 29.8 Å². The van der Waals surface area contributed by atoms with Gasteiger partial charge in [0.05, 0.1) is 16.7 Å². The fourth-order valence-corrected chi connectivity index (χ4v) is 3.56. The predicted octanol–water partition coefficient (Wildman–Crippen LogP) is 2.97. The van der Waals surface area contributed by atoms with Crippen LogP contribution in [0.2, 0.25) is 0 Å². The van der Waals surface area contributed by atoms with Crippen LogP contribution in [0.1, 0.15) is 12.5 Å². The minimum Gasteiger partial charge on any atom is -0.338 e. The predicted molar refractivity (Wildman–Crippen MR) is 101 cm³/mol. The van der Waals surface area contributed by atoms with Crippen molar-refractivity contribution in [2.75, 3.05) is 0 Å². The van der Waals surface area contributed by atoms with E-state index in [9.17, 15) is 9.59 Å². The molecular formula is C20H19N3O2. The quantitative estimate of drug-likeness (QED) is 0.566. The molecule has 5 nitrogen and oxygen atoms in total. The third-order valence-corrected chi connectivity index (χ3v) is 4.76. The van der Waals surface area contributed by atoms with Gasteiger partial charge in [-0.15, -0.1) is 0 Å². The summed E-state index contributed by atoms with van der Waals surface area (Å²) in [5, 5.41) is 0.939. The number of nitrogens with zero attached hydrogens (tertiary/aromatic N) is 3. The maximum Gasteiger partial charge on any atom is 0.336 e. The van der Waals surface area contributed by atoms with Crippen molar-refractivity contribution in [2.45, 2.75) is 20.4 Å². The number of aryl methyl sites for hydroxylation is 3. The van der Waals surface area contributed by atoms with E-state index < -0.39 is 0 Å². The smallest absolute Gasteiger partial charge is 0.336 e. The highest BCUT2D eigenvalue weighted by atomic mass is 16.2. The van der Waals surface area contributed by atoms with Gasteiger partial charge in [0.1, 0.15) is 5.52 Å². The molecule has 126 valence electrons. The van der Waals surface area contributed by atoms with Crippen LogP contribution >= 0.6 is 0 Å². The Morgan fingerprint density at radius 3 is 2.36 bits per heavy atom. The van der Waals surface area contributed by atoms with E-state index in [4.69, 9.17) is 0 Å². The summed E-state index contributed by atoms with van der Waals surface area (Å²) >= 11 is 0. The minimum absolute atomic E-state index is 0.285. The molecule has 4 aromatic rings. The molecule has 0 saturated carbocycles. The molecule has 0 atom stereocenters. The van der Waals surface area contributed by atoms with Gasteiger partial charge in [-0.25, -0.2) is 9.36 Å². The Balaban J connectivity index is 2.30. The molecule has 2 heterocycles. The Labute approximate surface area is 144 Å². The highest BCUT2D eigenvalue weighted by Gasteiger charge is 2.20. The van der Waals surface area contributed by atoms with E-state index in [1.807, 2.05) is 61.9 Å². The number of hydrogen-bond acceptors (Lipinski definition) is 2. The summed E-state index contributed by atoms with van der Waals surface area (Å²) in [6, 6.07) is 15.1. The van der Waals surface area contributed by atoms with Crippen molar-refractivity contribution in [3.8, 4) is 5.69 Å². The monoisotopic (exact) mass is 333 g/mol. The Hall–Kier alpha value is -3.08. The SMILES string of the molecule is CCn1c(=O)n(-c2ccccc2)c(=O)c2c1c1cc(C)ccc1n2C. The molecule has 4 rings (SSSR count). The number of para-hydroxylation sites is 1. The average Bonchev–Trinajstić information content (AvgIpc) is 2.89. The first-order valence-corrected chi connectivity index (χ1v) is 8.34. The first-order chi connectivity index (χ1) is 12.0. The lowest BCUT2D eigenvalue weighted by atomic mass is 10.1. The summed E-state index contributed by atoms with van der Waals surface area (Å²) in [6.45, 7) is 4.43. The summed E-state index contributed by atoms with van der Waals surface area (Å²) in [6.07, 6.45) is 0. The highest BCUT2D eigenvalue weighted by Crippen LogP contribution is 2.26. The van der Waals surface area contributed by atoms with Crippen molar-refractivity contribution in [3.63, 3.8) is 0 Å². The first-order valence-electron chi connectivity index (χ1n) is 8.34. The Morgan fingerprint density at radius 2 is 1.68 bits per heavy atom. The molecule has 0 spiro atoms. The molecule has 0 aliphatic carbocycles. The second-order valence-electron chi connectivity index (χ2n) is 6.28. The van der Waals surface area contributed by atoms with Crippen LogP contribution in [0.5, 0.6) is 0 Å². The number of hydrogen-bond donors (Lipinski definition) is 0. The van der Waals surface area contributed by atoms with E-state index in [1.165, 1.54) is 4.57 Å². The number of rotatable bonds is 2.